The lowest BCUT2D eigenvalue weighted by molar-refractivity contribution is 0.317. The first-order valence-electron chi connectivity index (χ1n) is 6.42. The fourth-order valence-corrected chi connectivity index (χ4v) is 3.26. The van der Waals surface area contributed by atoms with E-state index in [0.717, 1.165) is 11.1 Å². The van der Waals surface area contributed by atoms with Crippen LogP contribution in [0.5, 0.6) is 0 Å². The van der Waals surface area contributed by atoms with Gasteiger partial charge < -0.3 is 5.73 Å². The van der Waals surface area contributed by atoms with Crippen LogP contribution in [0.1, 0.15) is 38.8 Å². The van der Waals surface area contributed by atoms with Crippen LogP contribution in [0.3, 0.4) is 0 Å². The highest BCUT2D eigenvalue weighted by Crippen LogP contribution is 2.20. The summed E-state index contributed by atoms with van der Waals surface area (Å²) in [6.07, 6.45) is 0. The summed E-state index contributed by atoms with van der Waals surface area (Å²) >= 11 is 0. The maximum absolute atomic E-state index is 12.2. The molecule has 0 saturated heterocycles. The first-order chi connectivity index (χ1) is 8.65. The van der Waals surface area contributed by atoms with Gasteiger partial charge in [0.15, 0.2) is 0 Å². The lowest BCUT2D eigenvalue weighted by atomic mass is 9.89. The highest BCUT2D eigenvalue weighted by atomic mass is 32.2. The van der Waals surface area contributed by atoms with Crippen LogP contribution in [0.2, 0.25) is 0 Å². The molecule has 0 heterocycles. The zero-order valence-electron chi connectivity index (χ0n) is 12.1. The zero-order valence-corrected chi connectivity index (χ0v) is 12.9. The molecule has 0 radical (unpaired) electrons. The Kier molecular flexibility index (Phi) is 5.12. The second-order valence-corrected chi connectivity index (χ2v) is 7.69. The molecule has 1 aromatic rings. The van der Waals surface area contributed by atoms with Gasteiger partial charge in [0, 0.05) is 12.6 Å². The van der Waals surface area contributed by atoms with Crippen LogP contribution < -0.4 is 10.5 Å². The van der Waals surface area contributed by atoms with Crippen LogP contribution >= 0.6 is 0 Å². The van der Waals surface area contributed by atoms with Gasteiger partial charge in [0.05, 0.1) is 5.75 Å². The van der Waals surface area contributed by atoms with E-state index in [9.17, 15) is 8.42 Å². The Labute approximate surface area is 116 Å². The molecule has 0 bridgehead atoms. The highest BCUT2D eigenvalue weighted by Gasteiger charge is 2.25. The van der Waals surface area contributed by atoms with Crippen molar-refractivity contribution in [1.82, 2.24) is 4.72 Å². The Balaban J connectivity index is 2.86. The number of hydrogen-bond acceptors (Lipinski definition) is 3. The maximum atomic E-state index is 12.2. The van der Waals surface area contributed by atoms with E-state index >= 15 is 0 Å². The molecule has 3 N–H and O–H groups in total. The van der Waals surface area contributed by atoms with Crippen molar-refractivity contribution in [2.24, 2.45) is 11.1 Å². The molecule has 1 aromatic carbocycles. The molecule has 0 fully saturated rings. The molecule has 0 aliphatic rings. The lowest BCUT2D eigenvalue weighted by Crippen LogP contribution is -2.41. The van der Waals surface area contributed by atoms with Crippen molar-refractivity contribution in [2.75, 3.05) is 0 Å². The molecule has 5 heteroatoms. The topological polar surface area (TPSA) is 72.2 Å². The fourth-order valence-electron chi connectivity index (χ4n) is 1.59. The van der Waals surface area contributed by atoms with E-state index in [1.165, 1.54) is 0 Å². The van der Waals surface area contributed by atoms with Gasteiger partial charge in [-0.15, -0.1) is 0 Å². The molecule has 0 aromatic heterocycles. The van der Waals surface area contributed by atoms with E-state index in [0.29, 0.717) is 6.54 Å². The van der Waals surface area contributed by atoms with Gasteiger partial charge in [-0.3, -0.25) is 0 Å². The molecule has 1 atom stereocenters. The van der Waals surface area contributed by atoms with Crippen LogP contribution in [0.4, 0.5) is 0 Å². The Morgan fingerprint density at radius 1 is 1.21 bits per heavy atom. The molecule has 1 unspecified atom stereocenters. The minimum atomic E-state index is -3.36. The summed E-state index contributed by atoms with van der Waals surface area (Å²) in [7, 11) is -3.36. The molecular weight excluding hydrogens is 260 g/mol. The molecule has 4 nitrogen and oxygen atoms in total. The highest BCUT2D eigenvalue weighted by molar-refractivity contribution is 7.88. The number of benzene rings is 1. The smallest absolute Gasteiger partial charge is 0.216 e. The third-order valence-corrected chi connectivity index (χ3v) is 4.74. The van der Waals surface area contributed by atoms with Crippen molar-refractivity contribution >= 4 is 10.0 Å². The van der Waals surface area contributed by atoms with Crippen LogP contribution in [0.15, 0.2) is 24.3 Å². The average molecular weight is 284 g/mol. The van der Waals surface area contributed by atoms with Crippen molar-refractivity contribution in [3.63, 3.8) is 0 Å². The number of hydrogen-bond donors (Lipinski definition) is 2. The Morgan fingerprint density at radius 3 is 2.21 bits per heavy atom. The quantitative estimate of drug-likeness (QED) is 0.868. The molecule has 1 rings (SSSR count). The molecule has 0 saturated carbocycles. The SMILES string of the molecule is CC(NS(=O)(=O)Cc1ccccc1CN)C(C)(C)C. The lowest BCUT2D eigenvalue weighted by Gasteiger charge is -2.28. The van der Waals surface area contributed by atoms with Gasteiger partial charge in [-0.25, -0.2) is 13.1 Å². The third-order valence-electron chi connectivity index (χ3n) is 3.34. The van der Waals surface area contributed by atoms with Gasteiger partial charge in [-0.2, -0.15) is 0 Å². The minimum Gasteiger partial charge on any atom is -0.326 e. The normalized spacial score (nSPS) is 14.4. The molecule has 0 aliphatic carbocycles. The number of nitrogens with two attached hydrogens (primary N) is 1. The molecule has 0 aliphatic heterocycles. The van der Waals surface area contributed by atoms with Crippen molar-refractivity contribution in [3.8, 4) is 0 Å². The van der Waals surface area contributed by atoms with Crippen molar-refractivity contribution in [2.45, 2.75) is 46.0 Å². The largest absolute Gasteiger partial charge is 0.326 e. The number of sulfonamides is 1. The second kappa shape index (κ2) is 6.03. The van der Waals surface area contributed by atoms with E-state index in [4.69, 9.17) is 5.73 Å². The minimum absolute atomic E-state index is 0.0270. The number of nitrogens with one attached hydrogen (secondary N) is 1. The summed E-state index contributed by atoms with van der Waals surface area (Å²) in [6, 6.07) is 7.24. The van der Waals surface area contributed by atoms with Gasteiger partial charge in [-0.1, -0.05) is 45.0 Å². The monoisotopic (exact) mass is 284 g/mol. The average Bonchev–Trinajstić information content (AvgIpc) is 2.27. The summed E-state index contributed by atoms with van der Waals surface area (Å²) in [4.78, 5) is 0. The molecular formula is C14H24N2O2S. The standard InChI is InChI=1S/C14H24N2O2S/c1-11(14(2,3)4)16-19(17,18)10-13-8-6-5-7-12(13)9-15/h5-8,11,16H,9-10,15H2,1-4H3. The van der Waals surface area contributed by atoms with E-state index in [1.54, 1.807) is 0 Å². The van der Waals surface area contributed by atoms with Crippen molar-refractivity contribution in [3.05, 3.63) is 35.4 Å². The van der Waals surface area contributed by atoms with Crippen molar-refractivity contribution < 1.29 is 8.42 Å². The first-order valence-corrected chi connectivity index (χ1v) is 8.08. The van der Waals surface area contributed by atoms with E-state index < -0.39 is 10.0 Å². The predicted molar refractivity (Wildman–Crippen MR) is 79.0 cm³/mol. The Morgan fingerprint density at radius 2 is 1.74 bits per heavy atom. The van der Waals surface area contributed by atoms with E-state index in [1.807, 2.05) is 52.0 Å². The summed E-state index contributed by atoms with van der Waals surface area (Å²) < 4.78 is 27.1. The molecule has 0 amide bonds. The van der Waals surface area contributed by atoms with Crippen molar-refractivity contribution in [1.29, 1.82) is 0 Å². The van der Waals surface area contributed by atoms with Crippen LogP contribution in [0, 0.1) is 5.41 Å². The molecule has 0 spiro atoms. The van der Waals surface area contributed by atoms with Crippen LogP contribution in [0.25, 0.3) is 0 Å². The maximum Gasteiger partial charge on any atom is 0.216 e. The van der Waals surface area contributed by atoms with Gasteiger partial charge in [-0.05, 0) is 23.5 Å². The van der Waals surface area contributed by atoms with Gasteiger partial charge in [0.1, 0.15) is 0 Å². The van der Waals surface area contributed by atoms with Crippen LogP contribution in [-0.2, 0) is 22.3 Å². The Bertz CT molecular complexity index is 518. The second-order valence-electron chi connectivity index (χ2n) is 5.94. The summed E-state index contributed by atoms with van der Waals surface area (Å²) in [5, 5.41) is 0. The summed E-state index contributed by atoms with van der Waals surface area (Å²) in [5.41, 5.74) is 7.15. The number of rotatable bonds is 5. The predicted octanol–water partition coefficient (Wildman–Crippen LogP) is 2.00. The van der Waals surface area contributed by atoms with E-state index in [2.05, 4.69) is 4.72 Å². The zero-order chi connectivity index (χ0) is 14.7. The van der Waals surface area contributed by atoms with Crippen LogP contribution in [-0.4, -0.2) is 14.5 Å². The summed E-state index contributed by atoms with van der Waals surface area (Å²) in [5.74, 6) is -0.0270. The Hall–Kier alpha value is -0.910. The fraction of sp³-hybridized carbons (Fsp3) is 0.571. The van der Waals surface area contributed by atoms with Gasteiger partial charge in [0.2, 0.25) is 10.0 Å². The molecule has 19 heavy (non-hydrogen) atoms. The van der Waals surface area contributed by atoms with Gasteiger partial charge in [0.25, 0.3) is 0 Å². The van der Waals surface area contributed by atoms with E-state index in [-0.39, 0.29) is 17.2 Å². The molecule has 108 valence electrons. The third kappa shape index (κ3) is 4.93. The van der Waals surface area contributed by atoms with Gasteiger partial charge >= 0.3 is 0 Å². The first kappa shape index (κ1) is 16.1. The summed E-state index contributed by atoms with van der Waals surface area (Å²) in [6.45, 7) is 8.25.